The minimum atomic E-state index is -0.120. The molecule has 3 nitrogen and oxygen atoms in total. The molecule has 0 spiro atoms. The molecule has 0 radical (unpaired) electrons. The lowest BCUT2D eigenvalue weighted by atomic mass is 10.3. The molecule has 1 atom stereocenters. The van der Waals surface area contributed by atoms with Crippen molar-refractivity contribution in [1.82, 2.24) is 0 Å². The van der Waals surface area contributed by atoms with Crippen molar-refractivity contribution in [3.05, 3.63) is 28.7 Å². The van der Waals surface area contributed by atoms with Crippen LogP contribution in [-0.2, 0) is 4.79 Å². The standard InChI is InChI=1S/C10H10BrNO2/c1-8(6-12-7-13)14-10-4-2-3-9(11)5-10/h2-5,8H,6H2,1H3. The van der Waals surface area contributed by atoms with Crippen molar-refractivity contribution in [3.8, 4) is 5.75 Å². The highest BCUT2D eigenvalue weighted by Crippen LogP contribution is 2.18. The van der Waals surface area contributed by atoms with Gasteiger partial charge in [-0.15, -0.1) is 0 Å². The van der Waals surface area contributed by atoms with Crippen LogP contribution in [-0.4, -0.2) is 18.7 Å². The number of rotatable bonds is 4. The molecule has 0 N–H and O–H groups in total. The van der Waals surface area contributed by atoms with E-state index in [1.165, 1.54) is 6.08 Å². The van der Waals surface area contributed by atoms with E-state index in [0.717, 1.165) is 10.2 Å². The highest BCUT2D eigenvalue weighted by Gasteiger charge is 2.02. The summed E-state index contributed by atoms with van der Waals surface area (Å²) in [6.07, 6.45) is 1.36. The van der Waals surface area contributed by atoms with Crippen molar-refractivity contribution in [2.75, 3.05) is 6.54 Å². The van der Waals surface area contributed by atoms with Crippen LogP contribution in [0.2, 0.25) is 0 Å². The first-order chi connectivity index (χ1) is 6.72. The van der Waals surface area contributed by atoms with E-state index in [2.05, 4.69) is 20.9 Å². The van der Waals surface area contributed by atoms with Gasteiger partial charge in [-0.05, 0) is 25.1 Å². The first-order valence-electron chi connectivity index (χ1n) is 4.18. The predicted molar refractivity (Wildman–Crippen MR) is 57.2 cm³/mol. The number of isocyanates is 1. The minimum absolute atomic E-state index is 0.120. The number of carbonyl (C=O) groups excluding carboxylic acids is 1. The molecule has 0 bridgehead atoms. The van der Waals surface area contributed by atoms with Gasteiger partial charge in [-0.1, -0.05) is 22.0 Å². The third kappa shape index (κ3) is 3.73. The van der Waals surface area contributed by atoms with E-state index >= 15 is 0 Å². The predicted octanol–water partition coefficient (Wildman–Crippen LogP) is 2.55. The zero-order valence-corrected chi connectivity index (χ0v) is 9.32. The number of hydrogen-bond acceptors (Lipinski definition) is 3. The van der Waals surface area contributed by atoms with Crippen LogP contribution in [0.25, 0.3) is 0 Å². The van der Waals surface area contributed by atoms with Gasteiger partial charge in [0.1, 0.15) is 11.9 Å². The van der Waals surface area contributed by atoms with Crippen molar-refractivity contribution in [3.63, 3.8) is 0 Å². The average molecular weight is 256 g/mol. The normalized spacial score (nSPS) is 11.6. The first kappa shape index (κ1) is 11.0. The van der Waals surface area contributed by atoms with E-state index in [4.69, 9.17) is 4.74 Å². The number of benzene rings is 1. The Morgan fingerprint density at radius 3 is 3.07 bits per heavy atom. The zero-order valence-electron chi connectivity index (χ0n) is 7.74. The third-order valence-electron chi connectivity index (χ3n) is 1.55. The summed E-state index contributed by atoms with van der Waals surface area (Å²) in [6.45, 7) is 2.18. The average Bonchev–Trinajstić information content (AvgIpc) is 2.15. The zero-order chi connectivity index (χ0) is 10.4. The summed E-state index contributed by atoms with van der Waals surface area (Å²) in [5, 5.41) is 0. The lowest BCUT2D eigenvalue weighted by molar-refractivity contribution is 0.230. The smallest absolute Gasteiger partial charge is 0.235 e. The number of hydrogen-bond donors (Lipinski definition) is 0. The van der Waals surface area contributed by atoms with Crippen molar-refractivity contribution in [2.45, 2.75) is 13.0 Å². The van der Waals surface area contributed by atoms with Crippen molar-refractivity contribution in [2.24, 2.45) is 4.99 Å². The molecule has 0 amide bonds. The van der Waals surface area contributed by atoms with Crippen LogP contribution in [0.4, 0.5) is 0 Å². The fourth-order valence-corrected chi connectivity index (χ4v) is 1.35. The molecule has 0 aliphatic rings. The SMILES string of the molecule is CC(CN=C=O)Oc1cccc(Br)c1. The van der Waals surface area contributed by atoms with Crippen LogP contribution in [0.5, 0.6) is 5.75 Å². The molecule has 1 aromatic rings. The van der Waals surface area contributed by atoms with Gasteiger partial charge in [-0.3, -0.25) is 0 Å². The molecule has 14 heavy (non-hydrogen) atoms. The molecule has 74 valence electrons. The lowest BCUT2D eigenvalue weighted by Crippen LogP contribution is -2.15. The Bertz CT molecular complexity index is 348. The maximum atomic E-state index is 9.86. The van der Waals surface area contributed by atoms with Crippen LogP contribution < -0.4 is 4.74 Å². The molecule has 1 rings (SSSR count). The second kappa shape index (κ2) is 5.58. The molecule has 0 fully saturated rings. The minimum Gasteiger partial charge on any atom is -0.489 e. The summed E-state index contributed by atoms with van der Waals surface area (Å²) in [4.78, 5) is 13.3. The topological polar surface area (TPSA) is 38.7 Å². The van der Waals surface area contributed by atoms with E-state index < -0.39 is 0 Å². The summed E-state index contributed by atoms with van der Waals surface area (Å²) < 4.78 is 6.45. The summed E-state index contributed by atoms with van der Waals surface area (Å²) in [5.41, 5.74) is 0. The highest BCUT2D eigenvalue weighted by atomic mass is 79.9. The fraction of sp³-hybridized carbons (Fsp3) is 0.300. The van der Waals surface area contributed by atoms with Crippen LogP contribution in [0.15, 0.2) is 33.7 Å². The van der Waals surface area contributed by atoms with Crippen LogP contribution in [0.1, 0.15) is 6.92 Å². The molecule has 0 saturated carbocycles. The van der Waals surface area contributed by atoms with Crippen LogP contribution in [0, 0.1) is 0 Å². The molecular formula is C10H10BrNO2. The van der Waals surface area contributed by atoms with Crippen molar-refractivity contribution in [1.29, 1.82) is 0 Å². The van der Waals surface area contributed by atoms with Gasteiger partial charge < -0.3 is 4.74 Å². The number of nitrogens with zero attached hydrogens (tertiary/aromatic N) is 1. The second-order valence-electron chi connectivity index (χ2n) is 2.82. The van der Waals surface area contributed by atoms with Crippen molar-refractivity contribution >= 4 is 22.0 Å². The summed E-state index contributed by atoms with van der Waals surface area (Å²) >= 11 is 3.34. The number of halogens is 1. The van der Waals surface area contributed by atoms with Gasteiger partial charge in [-0.2, -0.15) is 0 Å². The molecule has 0 aliphatic heterocycles. The van der Waals surface area contributed by atoms with Gasteiger partial charge in [0.05, 0.1) is 6.54 Å². The van der Waals surface area contributed by atoms with Gasteiger partial charge in [0.15, 0.2) is 0 Å². The maximum Gasteiger partial charge on any atom is 0.235 e. The number of ether oxygens (including phenoxy) is 1. The van der Waals surface area contributed by atoms with Gasteiger partial charge >= 0.3 is 0 Å². The Morgan fingerprint density at radius 1 is 1.64 bits per heavy atom. The highest BCUT2D eigenvalue weighted by molar-refractivity contribution is 9.10. The fourth-order valence-electron chi connectivity index (χ4n) is 0.976. The lowest BCUT2D eigenvalue weighted by Gasteiger charge is -2.11. The summed E-state index contributed by atoms with van der Waals surface area (Å²) in [7, 11) is 0. The molecule has 0 aliphatic carbocycles. The molecule has 1 aromatic carbocycles. The largest absolute Gasteiger partial charge is 0.489 e. The molecule has 0 saturated heterocycles. The summed E-state index contributed by atoms with van der Waals surface area (Å²) in [5.74, 6) is 0.757. The molecule has 1 unspecified atom stereocenters. The maximum absolute atomic E-state index is 9.86. The van der Waals surface area contributed by atoms with Gasteiger partial charge in [0, 0.05) is 4.47 Å². The molecule has 0 heterocycles. The Morgan fingerprint density at radius 2 is 2.43 bits per heavy atom. The Hall–Kier alpha value is -1.12. The van der Waals surface area contributed by atoms with Crippen LogP contribution >= 0.6 is 15.9 Å². The van der Waals surface area contributed by atoms with E-state index in [9.17, 15) is 4.79 Å². The van der Waals surface area contributed by atoms with Gasteiger partial charge in [0.25, 0.3) is 0 Å². The molecule has 4 heteroatoms. The van der Waals surface area contributed by atoms with Crippen molar-refractivity contribution < 1.29 is 9.53 Å². The molecule has 0 aromatic heterocycles. The summed E-state index contributed by atoms with van der Waals surface area (Å²) in [6, 6.07) is 7.52. The van der Waals surface area contributed by atoms with E-state index in [-0.39, 0.29) is 6.10 Å². The monoisotopic (exact) mass is 255 g/mol. The van der Waals surface area contributed by atoms with E-state index in [1.807, 2.05) is 31.2 Å². The quantitative estimate of drug-likeness (QED) is 0.613. The second-order valence-corrected chi connectivity index (χ2v) is 3.73. The van der Waals surface area contributed by atoms with E-state index in [0.29, 0.717) is 6.54 Å². The Balaban J connectivity index is 2.55. The number of aliphatic imine (C=N–C) groups is 1. The Labute approximate surface area is 90.9 Å². The Kier molecular flexibility index (Phi) is 4.36. The third-order valence-corrected chi connectivity index (χ3v) is 2.04. The van der Waals surface area contributed by atoms with Crippen LogP contribution in [0.3, 0.4) is 0 Å². The van der Waals surface area contributed by atoms with Gasteiger partial charge in [0.2, 0.25) is 6.08 Å². The first-order valence-corrected chi connectivity index (χ1v) is 4.97. The molecular weight excluding hydrogens is 246 g/mol. The van der Waals surface area contributed by atoms with E-state index in [1.54, 1.807) is 0 Å². The van der Waals surface area contributed by atoms with Gasteiger partial charge in [-0.25, -0.2) is 9.79 Å².